The Labute approximate surface area is 136 Å². The van der Waals surface area contributed by atoms with Gasteiger partial charge in [0.1, 0.15) is 5.82 Å². The van der Waals surface area contributed by atoms with E-state index < -0.39 is 0 Å². The van der Waals surface area contributed by atoms with Crippen molar-refractivity contribution in [2.75, 3.05) is 6.54 Å². The van der Waals surface area contributed by atoms with Gasteiger partial charge in [0.25, 0.3) is 0 Å². The zero-order chi connectivity index (χ0) is 14.8. The molecule has 0 aliphatic rings. The van der Waals surface area contributed by atoms with Crippen molar-refractivity contribution >= 4 is 40.2 Å². The van der Waals surface area contributed by atoms with Gasteiger partial charge in [-0.15, -0.1) is 21.5 Å². The van der Waals surface area contributed by atoms with Crippen molar-refractivity contribution in [1.82, 2.24) is 19.9 Å². The van der Waals surface area contributed by atoms with Gasteiger partial charge in [0.2, 0.25) is 0 Å². The summed E-state index contributed by atoms with van der Waals surface area (Å²) in [5, 5.41) is 11.8. The van der Waals surface area contributed by atoms with E-state index in [1.54, 1.807) is 0 Å². The Kier molecular flexibility index (Phi) is 4.45. The van der Waals surface area contributed by atoms with Gasteiger partial charge >= 0.3 is 0 Å². The van der Waals surface area contributed by atoms with Crippen molar-refractivity contribution in [2.24, 2.45) is 0 Å². The van der Waals surface area contributed by atoms with Crippen LogP contribution in [0, 0.1) is 0 Å². The first-order valence-corrected chi connectivity index (χ1v) is 8.19. The fourth-order valence-corrected chi connectivity index (χ4v) is 3.87. The Morgan fingerprint density at radius 2 is 2.19 bits per heavy atom. The molecule has 0 bridgehead atoms. The molecule has 21 heavy (non-hydrogen) atoms. The zero-order valence-electron chi connectivity index (χ0n) is 11.4. The number of hydrogen-bond donors (Lipinski definition) is 1. The molecule has 0 radical (unpaired) electrons. The number of hydrogen-bond acceptors (Lipinski definition) is 4. The average molecular weight is 341 g/mol. The van der Waals surface area contributed by atoms with E-state index in [1.807, 2.05) is 34.9 Å². The molecule has 0 aliphatic carbocycles. The summed E-state index contributed by atoms with van der Waals surface area (Å²) < 4.78 is 3.46. The molecule has 0 fully saturated rings. The van der Waals surface area contributed by atoms with Crippen LogP contribution in [-0.4, -0.2) is 21.1 Å². The fourth-order valence-electron chi connectivity index (χ4n) is 2.22. The molecule has 3 aromatic rings. The second-order valence-electron chi connectivity index (χ2n) is 4.75. The van der Waals surface area contributed by atoms with Crippen LogP contribution >= 0.6 is 34.5 Å². The molecule has 0 amide bonds. The number of thiophene rings is 1. The number of aromatic nitrogens is 3. The number of pyridine rings is 1. The van der Waals surface area contributed by atoms with Crippen LogP contribution in [0.5, 0.6) is 0 Å². The van der Waals surface area contributed by atoms with E-state index in [1.165, 1.54) is 11.3 Å². The van der Waals surface area contributed by atoms with Crippen LogP contribution in [0.2, 0.25) is 8.67 Å². The van der Waals surface area contributed by atoms with E-state index in [-0.39, 0.29) is 6.04 Å². The smallest absolute Gasteiger partial charge is 0.160 e. The lowest BCUT2D eigenvalue weighted by Gasteiger charge is -2.12. The molecular weight excluding hydrogens is 327 g/mol. The molecular formula is C14H14Cl2N4S. The molecule has 3 aromatic heterocycles. The van der Waals surface area contributed by atoms with Crippen LogP contribution < -0.4 is 5.32 Å². The highest BCUT2D eigenvalue weighted by Crippen LogP contribution is 2.34. The van der Waals surface area contributed by atoms with Crippen LogP contribution in [0.1, 0.15) is 24.4 Å². The van der Waals surface area contributed by atoms with E-state index in [2.05, 4.69) is 22.4 Å². The molecule has 1 unspecified atom stereocenters. The first-order chi connectivity index (χ1) is 10.1. The molecule has 110 valence electrons. The van der Waals surface area contributed by atoms with Gasteiger partial charge in [-0.2, -0.15) is 0 Å². The van der Waals surface area contributed by atoms with Gasteiger partial charge in [-0.25, -0.2) is 0 Å². The van der Waals surface area contributed by atoms with Gasteiger partial charge < -0.3 is 5.32 Å². The highest BCUT2D eigenvalue weighted by Gasteiger charge is 2.13. The maximum absolute atomic E-state index is 6.16. The Hall–Kier alpha value is -1.14. The van der Waals surface area contributed by atoms with Crippen LogP contribution in [0.4, 0.5) is 0 Å². The van der Waals surface area contributed by atoms with Crippen molar-refractivity contribution in [3.63, 3.8) is 0 Å². The normalized spacial score (nSPS) is 12.9. The summed E-state index contributed by atoms with van der Waals surface area (Å²) in [5.41, 5.74) is 1.91. The van der Waals surface area contributed by atoms with Gasteiger partial charge in [0.15, 0.2) is 5.65 Å². The van der Waals surface area contributed by atoms with Crippen LogP contribution in [0.25, 0.3) is 5.65 Å². The monoisotopic (exact) mass is 340 g/mol. The third-order valence-electron chi connectivity index (χ3n) is 3.33. The van der Waals surface area contributed by atoms with Crippen molar-refractivity contribution in [3.05, 3.63) is 50.5 Å². The summed E-state index contributed by atoms with van der Waals surface area (Å²) in [7, 11) is 0. The van der Waals surface area contributed by atoms with Crippen molar-refractivity contribution in [3.8, 4) is 0 Å². The molecule has 7 heteroatoms. The van der Waals surface area contributed by atoms with E-state index in [0.29, 0.717) is 4.34 Å². The van der Waals surface area contributed by atoms with Crippen LogP contribution in [-0.2, 0) is 6.42 Å². The number of nitrogens with zero attached hydrogens (tertiary/aromatic N) is 3. The summed E-state index contributed by atoms with van der Waals surface area (Å²) in [6.45, 7) is 2.87. The molecule has 4 nitrogen and oxygen atoms in total. The van der Waals surface area contributed by atoms with Crippen LogP contribution in [0.15, 0.2) is 30.5 Å². The Balaban J connectivity index is 1.62. The lowest BCUT2D eigenvalue weighted by molar-refractivity contribution is 0.570. The van der Waals surface area contributed by atoms with Gasteiger partial charge in [-0.05, 0) is 30.7 Å². The molecule has 0 spiro atoms. The fraction of sp³-hybridized carbons (Fsp3) is 0.286. The van der Waals surface area contributed by atoms with Crippen LogP contribution in [0.3, 0.4) is 0 Å². The SMILES string of the molecule is CC(NCCc1nnc2ccccn12)c1cc(Cl)sc1Cl. The van der Waals surface area contributed by atoms with Crippen molar-refractivity contribution < 1.29 is 0 Å². The number of nitrogens with one attached hydrogen (secondary N) is 1. The summed E-state index contributed by atoms with van der Waals surface area (Å²) in [6, 6.07) is 7.94. The number of rotatable bonds is 5. The first kappa shape index (κ1) is 14.8. The van der Waals surface area contributed by atoms with Gasteiger partial charge in [0, 0.05) is 25.2 Å². The summed E-state index contributed by atoms with van der Waals surface area (Å²) in [6.07, 6.45) is 2.77. The van der Waals surface area contributed by atoms with E-state index in [0.717, 1.165) is 34.3 Å². The second-order valence-corrected chi connectivity index (χ2v) is 7.04. The third kappa shape index (κ3) is 3.21. The highest BCUT2D eigenvalue weighted by atomic mass is 35.5. The minimum Gasteiger partial charge on any atom is -0.310 e. The quantitative estimate of drug-likeness (QED) is 0.763. The maximum Gasteiger partial charge on any atom is 0.160 e. The molecule has 0 saturated carbocycles. The molecule has 1 N–H and O–H groups in total. The van der Waals surface area contributed by atoms with E-state index in [4.69, 9.17) is 23.2 Å². The largest absolute Gasteiger partial charge is 0.310 e. The topological polar surface area (TPSA) is 42.2 Å². The Bertz CT molecular complexity index is 752. The molecule has 0 aliphatic heterocycles. The molecule has 0 saturated heterocycles. The van der Waals surface area contributed by atoms with Crippen molar-refractivity contribution in [1.29, 1.82) is 0 Å². The standard InChI is InChI=1S/C14H14Cl2N4S/c1-9(10-8-11(15)21-14(10)16)17-6-5-13-19-18-12-4-2-3-7-20(12)13/h2-4,7-9,17H,5-6H2,1H3. The van der Waals surface area contributed by atoms with Gasteiger partial charge in [0.05, 0.1) is 8.67 Å². The summed E-state index contributed by atoms with van der Waals surface area (Å²) in [4.78, 5) is 0. The second kappa shape index (κ2) is 6.32. The number of halogens is 2. The minimum absolute atomic E-state index is 0.153. The lowest BCUT2D eigenvalue weighted by atomic mass is 10.2. The van der Waals surface area contributed by atoms with E-state index >= 15 is 0 Å². The highest BCUT2D eigenvalue weighted by molar-refractivity contribution is 7.20. The van der Waals surface area contributed by atoms with Gasteiger partial charge in [-0.3, -0.25) is 4.40 Å². The molecule has 1 atom stereocenters. The Morgan fingerprint density at radius 3 is 2.95 bits per heavy atom. The Morgan fingerprint density at radius 1 is 1.33 bits per heavy atom. The minimum atomic E-state index is 0.153. The predicted octanol–water partition coefficient (Wildman–Crippen LogP) is 3.99. The van der Waals surface area contributed by atoms with Gasteiger partial charge in [-0.1, -0.05) is 29.3 Å². The molecule has 3 rings (SSSR count). The first-order valence-electron chi connectivity index (χ1n) is 6.62. The zero-order valence-corrected chi connectivity index (χ0v) is 13.7. The predicted molar refractivity (Wildman–Crippen MR) is 87.4 cm³/mol. The average Bonchev–Trinajstić information content (AvgIpc) is 3.02. The van der Waals surface area contributed by atoms with E-state index in [9.17, 15) is 0 Å². The van der Waals surface area contributed by atoms with Crippen molar-refractivity contribution in [2.45, 2.75) is 19.4 Å². The lowest BCUT2D eigenvalue weighted by Crippen LogP contribution is -2.21. The maximum atomic E-state index is 6.16. The summed E-state index contributed by atoms with van der Waals surface area (Å²) in [5.74, 6) is 0.944. The number of fused-ring (bicyclic) bond motifs is 1. The molecule has 0 aromatic carbocycles. The third-order valence-corrected chi connectivity index (χ3v) is 4.85. The summed E-state index contributed by atoms with van der Waals surface area (Å²) >= 11 is 13.5. The molecule has 3 heterocycles.